The molecule has 0 radical (unpaired) electrons. The molecule has 0 bridgehead atoms. The zero-order valence-corrected chi connectivity index (χ0v) is 11.7. The van der Waals surface area contributed by atoms with Crippen molar-refractivity contribution in [2.75, 3.05) is 7.11 Å². The standard InChI is InChI=1S/C16H12N2O4/c1-21-11-6-4-5-10(9-11)14-17-15(22-18-14)12-7-2-3-8-13(12)16(19)20/h2-9H,1H3,(H,19,20). The lowest BCUT2D eigenvalue weighted by Crippen LogP contribution is -1.99. The largest absolute Gasteiger partial charge is 0.497 e. The van der Waals surface area contributed by atoms with Gasteiger partial charge in [0.25, 0.3) is 5.89 Å². The summed E-state index contributed by atoms with van der Waals surface area (Å²) in [6, 6.07) is 13.7. The molecule has 0 aliphatic carbocycles. The second-order valence-corrected chi connectivity index (χ2v) is 4.51. The molecule has 1 aromatic heterocycles. The number of benzene rings is 2. The minimum Gasteiger partial charge on any atom is -0.497 e. The fourth-order valence-electron chi connectivity index (χ4n) is 2.07. The van der Waals surface area contributed by atoms with Gasteiger partial charge in [-0.15, -0.1) is 0 Å². The first-order chi connectivity index (χ1) is 10.7. The third-order valence-corrected chi connectivity index (χ3v) is 3.14. The molecule has 0 atom stereocenters. The van der Waals surface area contributed by atoms with Gasteiger partial charge in [-0.2, -0.15) is 4.98 Å². The lowest BCUT2D eigenvalue weighted by molar-refractivity contribution is 0.0697. The fourth-order valence-corrected chi connectivity index (χ4v) is 2.07. The van der Waals surface area contributed by atoms with E-state index in [1.165, 1.54) is 6.07 Å². The highest BCUT2D eigenvalue weighted by molar-refractivity contribution is 5.94. The van der Waals surface area contributed by atoms with Crippen molar-refractivity contribution in [1.29, 1.82) is 0 Å². The molecular weight excluding hydrogens is 284 g/mol. The molecule has 0 aliphatic heterocycles. The number of carbonyl (C=O) groups is 1. The molecule has 0 saturated carbocycles. The van der Waals surface area contributed by atoms with E-state index >= 15 is 0 Å². The van der Waals surface area contributed by atoms with Gasteiger partial charge in [-0.1, -0.05) is 29.4 Å². The summed E-state index contributed by atoms with van der Waals surface area (Å²) < 4.78 is 10.4. The Labute approximate surface area is 126 Å². The van der Waals surface area contributed by atoms with Gasteiger partial charge in [0.1, 0.15) is 5.75 Å². The SMILES string of the molecule is COc1cccc(-c2noc(-c3ccccc3C(=O)O)n2)c1. The van der Waals surface area contributed by atoms with Crippen molar-refractivity contribution in [1.82, 2.24) is 10.1 Å². The normalized spacial score (nSPS) is 10.4. The summed E-state index contributed by atoms with van der Waals surface area (Å²) in [5.74, 6) is 0.163. The second kappa shape index (κ2) is 5.69. The summed E-state index contributed by atoms with van der Waals surface area (Å²) in [5, 5.41) is 13.1. The third kappa shape index (κ3) is 2.54. The van der Waals surface area contributed by atoms with Crippen molar-refractivity contribution in [3.8, 4) is 28.6 Å². The van der Waals surface area contributed by atoms with Gasteiger partial charge in [0.05, 0.1) is 18.2 Å². The Morgan fingerprint density at radius 1 is 1.18 bits per heavy atom. The van der Waals surface area contributed by atoms with E-state index in [1.54, 1.807) is 31.4 Å². The maximum Gasteiger partial charge on any atom is 0.336 e. The van der Waals surface area contributed by atoms with Gasteiger partial charge in [-0.3, -0.25) is 0 Å². The van der Waals surface area contributed by atoms with Crippen LogP contribution in [-0.4, -0.2) is 28.3 Å². The van der Waals surface area contributed by atoms with Gasteiger partial charge in [-0.25, -0.2) is 4.79 Å². The zero-order chi connectivity index (χ0) is 15.5. The molecule has 0 spiro atoms. The molecule has 2 aromatic carbocycles. The molecule has 22 heavy (non-hydrogen) atoms. The van der Waals surface area contributed by atoms with Crippen molar-refractivity contribution < 1.29 is 19.2 Å². The summed E-state index contributed by atoms with van der Waals surface area (Å²) in [5.41, 5.74) is 1.22. The van der Waals surface area contributed by atoms with Gasteiger partial charge < -0.3 is 14.4 Å². The first kappa shape index (κ1) is 13.8. The number of hydrogen-bond donors (Lipinski definition) is 1. The number of aromatic carboxylic acids is 1. The van der Waals surface area contributed by atoms with Crippen LogP contribution in [-0.2, 0) is 0 Å². The van der Waals surface area contributed by atoms with E-state index in [0.717, 1.165) is 5.56 Å². The zero-order valence-electron chi connectivity index (χ0n) is 11.7. The second-order valence-electron chi connectivity index (χ2n) is 4.51. The predicted octanol–water partition coefficient (Wildman–Crippen LogP) is 3.11. The topological polar surface area (TPSA) is 85.5 Å². The van der Waals surface area contributed by atoms with Crippen molar-refractivity contribution in [3.05, 3.63) is 54.1 Å². The molecule has 110 valence electrons. The predicted molar refractivity (Wildman–Crippen MR) is 78.7 cm³/mol. The fraction of sp³-hybridized carbons (Fsp3) is 0.0625. The average Bonchev–Trinajstić information content (AvgIpc) is 3.05. The van der Waals surface area contributed by atoms with E-state index in [2.05, 4.69) is 10.1 Å². The molecular formula is C16H12N2O4. The summed E-state index contributed by atoms with van der Waals surface area (Å²) in [6.45, 7) is 0. The van der Waals surface area contributed by atoms with E-state index in [4.69, 9.17) is 9.26 Å². The van der Waals surface area contributed by atoms with Crippen LogP contribution in [0.1, 0.15) is 10.4 Å². The molecule has 3 aromatic rings. The van der Waals surface area contributed by atoms with E-state index in [1.807, 2.05) is 18.2 Å². The minimum atomic E-state index is -1.04. The van der Waals surface area contributed by atoms with Crippen LogP contribution in [0, 0.1) is 0 Å². The van der Waals surface area contributed by atoms with Crippen molar-refractivity contribution in [2.45, 2.75) is 0 Å². The quantitative estimate of drug-likeness (QED) is 0.796. The summed E-state index contributed by atoms with van der Waals surface area (Å²) in [6.07, 6.45) is 0. The Kier molecular flexibility index (Phi) is 3.57. The van der Waals surface area contributed by atoms with E-state index in [-0.39, 0.29) is 11.5 Å². The number of carboxylic acids is 1. The molecule has 1 heterocycles. The summed E-state index contributed by atoms with van der Waals surface area (Å²) in [4.78, 5) is 15.5. The monoisotopic (exact) mass is 296 g/mol. The number of rotatable bonds is 4. The number of methoxy groups -OCH3 is 1. The highest BCUT2D eigenvalue weighted by Gasteiger charge is 2.17. The van der Waals surface area contributed by atoms with Crippen LogP contribution in [0.25, 0.3) is 22.8 Å². The molecule has 3 rings (SSSR count). The van der Waals surface area contributed by atoms with Gasteiger partial charge in [0.2, 0.25) is 5.82 Å². The van der Waals surface area contributed by atoms with Crippen molar-refractivity contribution in [2.24, 2.45) is 0 Å². The Balaban J connectivity index is 2.02. The van der Waals surface area contributed by atoms with Gasteiger partial charge in [-0.05, 0) is 24.3 Å². The van der Waals surface area contributed by atoms with Crippen LogP contribution < -0.4 is 4.74 Å². The number of carboxylic acid groups (broad SMARTS) is 1. The Bertz CT molecular complexity index is 826. The molecule has 0 unspecified atom stereocenters. The lowest BCUT2D eigenvalue weighted by atomic mass is 10.1. The number of aromatic nitrogens is 2. The number of nitrogens with zero attached hydrogens (tertiary/aromatic N) is 2. The Morgan fingerprint density at radius 3 is 2.77 bits per heavy atom. The summed E-state index contributed by atoms with van der Waals surface area (Å²) in [7, 11) is 1.57. The lowest BCUT2D eigenvalue weighted by Gasteiger charge is -2.00. The molecule has 6 heteroatoms. The maximum atomic E-state index is 11.2. The Morgan fingerprint density at radius 2 is 2.00 bits per heavy atom. The highest BCUT2D eigenvalue weighted by atomic mass is 16.5. The smallest absolute Gasteiger partial charge is 0.336 e. The number of ether oxygens (including phenoxy) is 1. The average molecular weight is 296 g/mol. The van der Waals surface area contributed by atoms with Crippen molar-refractivity contribution >= 4 is 5.97 Å². The number of hydrogen-bond acceptors (Lipinski definition) is 5. The third-order valence-electron chi connectivity index (χ3n) is 3.14. The van der Waals surface area contributed by atoms with Crippen LogP contribution in [0.5, 0.6) is 5.75 Å². The van der Waals surface area contributed by atoms with E-state index in [0.29, 0.717) is 17.1 Å². The van der Waals surface area contributed by atoms with Gasteiger partial charge in [0.15, 0.2) is 0 Å². The van der Waals surface area contributed by atoms with Crippen LogP contribution in [0.4, 0.5) is 0 Å². The molecule has 0 fully saturated rings. The van der Waals surface area contributed by atoms with Crippen molar-refractivity contribution in [3.63, 3.8) is 0 Å². The van der Waals surface area contributed by atoms with Crippen LogP contribution >= 0.6 is 0 Å². The van der Waals surface area contributed by atoms with Crippen LogP contribution in [0.2, 0.25) is 0 Å². The first-order valence-corrected chi connectivity index (χ1v) is 6.50. The molecule has 6 nitrogen and oxygen atoms in total. The summed E-state index contributed by atoms with van der Waals surface area (Å²) >= 11 is 0. The molecule has 1 N–H and O–H groups in total. The molecule has 0 amide bonds. The van der Waals surface area contributed by atoms with E-state index in [9.17, 15) is 9.90 Å². The molecule has 0 saturated heterocycles. The maximum absolute atomic E-state index is 11.2. The van der Waals surface area contributed by atoms with Gasteiger partial charge in [0, 0.05) is 5.56 Å². The van der Waals surface area contributed by atoms with Crippen LogP contribution in [0.15, 0.2) is 53.1 Å². The van der Waals surface area contributed by atoms with Gasteiger partial charge >= 0.3 is 5.97 Å². The van der Waals surface area contributed by atoms with E-state index < -0.39 is 5.97 Å². The first-order valence-electron chi connectivity index (χ1n) is 6.50. The molecule has 0 aliphatic rings. The Hall–Kier alpha value is -3.15. The minimum absolute atomic E-state index is 0.114. The van der Waals surface area contributed by atoms with Crippen LogP contribution in [0.3, 0.4) is 0 Å². The highest BCUT2D eigenvalue weighted by Crippen LogP contribution is 2.26.